The molecule has 1 aliphatic rings. The van der Waals surface area contributed by atoms with Gasteiger partial charge in [-0.15, -0.1) is 0 Å². The first kappa shape index (κ1) is 14.9. The van der Waals surface area contributed by atoms with Crippen LogP contribution >= 0.6 is 0 Å². The molecule has 0 aromatic heterocycles. The maximum atomic E-state index is 3.66. The lowest BCUT2D eigenvalue weighted by Crippen LogP contribution is -2.57. The van der Waals surface area contributed by atoms with Crippen LogP contribution in [0.25, 0.3) is 0 Å². The fourth-order valence-corrected chi connectivity index (χ4v) is 2.54. The van der Waals surface area contributed by atoms with Crippen molar-refractivity contribution in [3.05, 3.63) is 0 Å². The standard InChI is InChI=1S/C14H31N3/c1-5-13(6-2)11-16-12-14(3,4)17-9-7-15-8-10-17/h13,15-16H,5-12H2,1-4H3. The molecular formula is C14H31N3. The zero-order chi connectivity index (χ0) is 12.7. The summed E-state index contributed by atoms with van der Waals surface area (Å²) in [6.45, 7) is 16.2. The molecule has 1 fully saturated rings. The minimum Gasteiger partial charge on any atom is -0.315 e. The van der Waals surface area contributed by atoms with E-state index in [1.54, 1.807) is 0 Å². The average molecular weight is 241 g/mol. The smallest absolute Gasteiger partial charge is 0.0278 e. The molecule has 1 aliphatic heterocycles. The molecule has 3 nitrogen and oxygen atoms in total. The van der Waals surface area contributed by atoms with E-state index < -0.39 is 0 Å². The van der Waals surface area contributed by atoms with Crippen LogP contribution in [0.15, 0.2) is 0 Å². The number of hydrogen-bond acceptors (Lipinski definition) is 3. The second-order valence-electron chi connectivity index (χ2n) is 5.86. The molecule has 0 spiro atoms. The lowest BCUT2D eigenvalue weighted by molar-refractivity contribution is 0.101. The molecule has 0 radical (unpaired) electrons. The van der Waals surface area contributed by atoms with Gasteiger partial charge in [0.15, 0.2) is 0 Å². The van der Waals surface area contributed by atoms with Gasteiger partial charge in [0.25, 0.3) is 0 Å². The van der Waals surface area contributed by atoms with Crippen LogP contribution < -0.4 is 10.6 Å². The zero-order valence-electron chi connectivity index (χ0n) is 12.2. The van der Waals surface area contributed by atoms with Crippen molar-refractivity contribution in [3.8, 4) is 0 Å². The highest BCUT2D eigenvalue weighted by atomic mass is 15.2. The van der Waals surface area contributed by atoms with Crippen molar-refractivity contribution in [2.24, 2.45) is 5.92 Å². The molecule has 0 unspecified atom stereocenters. The number of rotatable bonds is 7. The molecule has 0 amide bonds. The Morgan fingerprint density at radius 2 is 1.76 bits per heavy atom. The summed E-state index contributed by atoms with van der Waals surface area (Å²) in [5.41, 5.74) is 0.286. The lowest BCUT2D eigenvalue weighted by Gasteiger charge is -2.41. The van der Waals surface area contributed by atoms with Crippen LogP contribution in [0.3, 0.4) is 0 Å². The number of piperazine rings is 1. The highest BCUT2D eigenvalue weighted by Crippen LogP contribution is 2.14. The lowest BCUT2D eigenvalue weighted by atomic mass is 10.00. The van der Waals surface area contributed by atoms with E-state index in [0.29, 0.717) is 0 Å². The third kappa shape index (κ3) is 4.94. The Morgan fingerprint density at radius 1 is 1.18 bits per heavy atom. The summed E-state index contributed by atoms with van der Waals surface area (Å²) in [5.74, 6) is 0.842. The van der Waals surface area contributed by atoms with Gasteiger partial charge < -0.3 is 10.6 Å². The monoisotopic (exact) mass is 241 g/mol. The molecule has 3 heteroatoms. The SMILES string of the molecule is CCC(CC)CNCC(C)(C)N1CCNCC1. The van der Waals surface area contributed by atoms with Gasteiger partial charge in [0, 0.05) is 38.3 Å². The largest absolute Gasteiger partial charge is 0.315 e. The minimum absolute atomic E-state index is 0.286. The van der Waals surface area contributed by atoms with E-state index in [0.717, 1.165) is 25.6 Å². The third-order valence-corrected chi connectivity index (χ3v) is 4.12. The first-order valence-electron chi connectivity index (χ1n) is 7.26. The predicted molar refractivity (Wildman–Crippen MR) is 75.5 cm³/mol. The van der Waals surface area contributed by atoms with Gasteiger partial charge in [-0.25, -0.2) is 0 Å². The molecule has 0 aliphatic carbocycles. The minimum atomic E-state index is 0.286. The summed E-state index contributed by atoms with van der Waals surface area (Å²) >= 11 is 0. The molecular weight excluding hydrogens is 210 g/mol. The van der Waals surface area contributed by atoms with Gasteiger partial charge in [-0.05, 0) is 26.3 Å². The first-order valence-corrected chi connectivity index (χ1v) is 7.26. The summed E-state index contributed by atoms with van der Waals surface area (Å²) in [5, 5.41) is 7.08. The van der Waals surface area contributed by atoms with Crippen LogP contribution in [0.1, 0.15) is 40.5 Å². The molecule has 1 saturated heterocycles. The van der Waals surface area contributed by atoms with Gasteiger partial charge in [0.1, 0.15) is 0 Å². The van der Waals surface area contributed by atoms with Crippen molar-refractivity contribution in [2.45, 2.75) is 46.1 Å². The normalized spacial score (nSPS) is 18.9. The van der Waals surface area contributed by atoms with Crippen molar-refractivity contribution < 1.29 is 0 Å². The molecule has 0 atom stereocenters. The highest BCUT2D eigenvalue weighted by molar-refractivity contribution is 4.86. The van der Waals surface area contributed by atoms with Gasteiger partial charge >= 0.3 is 0 Å². The van der Waals surface area contributed by atoms with E-state index in [4.69, 9.17) is 0 Å². The Hall–Kier alpha value is -0.120. The van der Waals surface area contributed by atoms with Crippen molar-refractivity contribution in [3.63, 3.8) is 0 Å². The van der Waals surface area contributed by atoms with Crippen molar-refractivity contribution in [2.75, 3.05) is 39.3 Å². The Bertz CT molecular complexity index is 194. The van der Waals surface area contributed by atoms with E-state index in [2.05, 4.69) is 43.2 Å². The Labute approximate surface area is 107 Å². The molecule has 0 aromatic carbocycles. The van der Waals surface area contributed by atoms with E-state index >= 15 is 0 Å². The molecule has 17 heavy (non-hydrogen) atoms. The fraction of sp³-hybridized carbons (Fsp3) is 1.00. The van der Waals surface area contributed by atoms with Gasteiger partial charge in [-0.1, -0.05) is 26.7 Å². The molecule has 1 heterocycles. The average Bonchev–Trinajstić information content (AvgIpc) is 2.36. The van der Waals surface area contributed by atoms with Crippen LogP contribution in [-0.4, -0.2) is 49.7 Å². The van der Waals surface area contributed by atoms with E-state index in [1.165, 1.54) is 32.5 Å². The quantitative estimate of drug-likeness (QED) is 0.710. The highest BCUT2D eigenvalue weighted by Gasteiger charge is 2.27. The summed E-state index contributed by atoms with van der Waals surface area (Å²) < 4.78 is 0. The first-order chi connectivity index (χ1) is 8.10. The molecule has 0 aromatic rings. The van der Waals surface area contributed by atoms with E-state index in [1.807, 2.05) is 0 Å². The van der Waals surface area contributed by atoms with E-state index in [-0.39, 0.29) is 5.54 Å². The number of nitrogens with one attached hydrogen (secondary N) is 2. The second kappa shape index (κ2) is 7.34. The molecule has 2 N–H and O–H groups in total. The summed E-state index contributed by atoms with van der Waals surface area (Å²) in [6, 6.07) is 0. The summed E-state index contributed by atoms with van der Waals surface area (Å²) in [7, 11) is 0. The van der Waals surface area contributed by atoms with Gasteiger partial charge in [0.05, 0.1) is 0 Å². The molecule has 102 valence electrons. The third-order valence-electron chi connectivity index (χ3n) is 4.12. The maximum Gasteiger partial charge on any atom is 0.0278 e. The van der Waals surface area contributed by atoms with Gasteiger partial charge in [0.2, 0.25) is 0 Å². The summed E-state index contributed by atoms with van der Waals surface area (Å²) in [6.07, 6.45) is 2.58. The van der Waals surface area contributed by atoms with E-state index in [9.17, 15) is 0 Å². The van der Waals surface area contributed by atoms with Crippen LogP contribution in [0.2, 0.25) is 0 Å². The number of nitrogens with zero attached hydrogens (tertiary/aromatic N) is 1. The van der Waals surface area contributed by atoms with Gasteiger partial charge in [-0.3, -0.25) is 4.90 Å². The topological polar surface area (TPSA) is 27.3 Å². The maximum absolute atomic E-state index is 3.66. The second-order valence-corrected chi connectivity index (χ2v) is 5.86. The fourth-order valence-electron chi connectivity index (χ4n) is 2.54. The Balaban J connectivity index is 2.27. The van der Waals surface area contributed by atoms with Gasteiger partial charge in [-0.2, -0.15) is 0 Å². The van der Waals surface area contributed by atoms with Crippen LogP contribution in [0.5, 0.6) is 0 Å². The van der Waals surface area contributed by atoms with Crippen LogP contribution in [0, 0.1) is 5.92 Å². The molecule has 1 rings (SSSR count). The zero-order valence-corrected chi connectivity index (χ0v) is 12.2. The van der Waals surface area contributed by atoms with Crippen LogP contribution in [0.4, 0.5) is 0 Å². The Kier molecular flexibility index (Phi) is 6.45. The van der Waals surface area contributed by atoms with Crippen molar-refractivity contribution >= 4 is 0 Å². The predicted octanol–water partition coefficient (Wildman–Crippen LogP) is 1.70. The van der Waals surface area contributed by atoms with Crippen molar-refractivity contribution in [1.82, 2.24) is 15.5 Å². The molecule has 0 saturated carbocycles. The Morgan fingerprint density at radius 3 is 2.29 bits per heavy atom. The number of hydrogen-bond donors (Lipinski definition) is 2. The molecule has 0 bridgehead atoms. The summed E-state index contributed by atoms with van der Waals surface area (Å²) in [4.78, 5) is 2.60. The van der Waals surface area contributed by atoms with Crippen molar-refractivity contribution in [1.29, 1.82) is 0 Å². The van der Waals surface area contributed by atoms with Crippen LogP contribution in [-0.2, 0) is 0 Å².